The number of hydrogen-bond donors (Lipinski definition) is 0. The Labute approximate surface area is 159 Å². The van der Waals surface area contributed by atoms with Crippen molar-refractivity contribution in [3.63, 3.8) is 0 Å². The van der Waals surface area contributed by atoms with Crippen LogP contribution in [0.5, 0.6) is 5.75 Å². The summed E-state index contributed by atoms with van der Waals surface area (Å²) in [6, 6.07) is 5.95. The molecule has 1 aliphatic rings. The Balaban J connectivity index is 1.70. The minimum absolute atomic E-state index is 0.138. The summed E-state index contributed by atoms with van der Waals surface area (Å²) in [4.78, 5) is 14.2. The summed E-state index contributed by atoms with van der Waals surface area (Å²) in [5.41, 5.74) is 1.89. The number of amides is 1. The Morgan fingerprint density at radius 1 is 1.41 bits per heavy atom. The van der Waals surface area contributed by atoms with Crippen LogP contribution in [-0.4, -0.2) is 34.0 Å². The number of alkyl halides is 3. The molecule has 9 heteroatoms. The van der Waals surface area contributed by atoms with E-state index in [0.717, 1.165) is 11.3 Å². The fourth-order valence-electron chi connectivity index (χ4n) is 3.27. The van der Waals surface area contributed by atoms with E-state index in [2.05, 4.69) is 9.84 Å². The number of aryl methyl sites for hydroxylation is 2. The second kappa shape index (κ2) is 7.07. The van der Waals surface area contributed by atoms with E-state index < -0.39 is 6.36 Å². The SMILES string of the molecule is Cc1nn(C)c(Cl)c1CN(C)C(=O)[C@H]1C[C@@H]1c1ccccc1OC(F)(F)F. The molecule has 146 valence electrons. The van der Waals surface area contributed by atoms with Gasteiger partial charge in [0.1, 0.15) is 10.9 Å². The van der Waals surface area contributed by atoms with Gasteiger partial charge < -0.3 is 9.64 Å². The molecule has 0 bridgehead atoms. The van der Waals surface area contributed by atoms with Crippen molar-refractivity contribution < 1.29 is 22.7 Å². The van der Waals surface area contributed by atoms with Gasteiger partial charge in [0.2, 0.25) is 5.91 Å². The Morgan fingerprint density at radius 3 is 2.67 bits per heavy atom. The molecule has 1 fully saturated rings. The number of carbonyl (C=O) groups is 1. The molecule has 2 aromatic rings. The summed E-state index contributed by atoms with van der Waals surface area (Å²) in [6.07, 6.45) is -4.28. The van der Waals surface area contributed by atoms with Crippen molar-refractivity contribution in [2.24, 2.45) is 13.0 Å². The Kier molecular flexibility index (Phi) is 5.12. The lowest BCUT2D eigenvalue weighted by Gasteiger charge is -2.18. The lowest BCUT2D eigenvalue weighted by molar-refractivity contribution is -0.274. The Hall–Kier alpha value is -2.22. The van der Waals surface area contributed by atoms with Crippen LogP contribution in [0.15, 0.2) is 24.3 Å². The highest BCUT2D eigenvalue weighted by atomic mass is 35.5. The van der Waals surface area contributed by atoms with Gasteiger partial charge in [-0.3, -0.25) is 9.48 Å². The van der Waals surface area contributed by atoms with Gasteiger partial charge in [0.15, 0.2) is 0 Å². The highest BCUT2D eigenvalue weighted by Crippen LogP contribution is 2.51. The van der Waals surface area contributed by atoms with E-state index >= 15 is 0 Å². The summed E-state index contributed by atoms with van der Waals surface area (Å²) in [5, 5.41) is 4.68. The minimum Gasteiger partial charge on any atom is -0.405 e. The molecular formula is C18H19ClF3N3O2. The van der Waals surface area contributed by atoms with Gasteiger partial charge in [-0.1, -0.05) is 29.8 Å². The largest absolute Gasteiger partial charge is 0.573 e. The van der Waals surface area contributed by atoms with Crippen LogP contribution in [0.3, 0.4) is 0 Å². The molecule has 0 unspecified atom stereocenters. The number of halogens is 4. The van der Waals surface area contributed by atoms with E-state index in [-0.39, 0.29) is 23.5 Å². The van der Waals surface area contributed by atoms with Gasteiger partial charge >= 0.3 is 6.36 Å². The molecule has 1 saturated carbocycles. The van der Waals surface area contributed by atoms with Gasteiger partial charge in [0.05, 0.1) is 12.2 Å². The molecule has 3 rings (SSSR count). The maximum Gasteiger partial charge on any atom is 0.573 e. The van der Waals surface area contributed by atoms with Gasteiger partial charge in [-0.15, -0.1) is 13.2 Å². The maximum atomic E-state index is 12.7. The molecule has 0 saturated heterocycles. The fraction of sp³-hybridized carbons (Fsp3) is 0.444. The summed E-state index contributed by atoms with van der Waals surface area (Å²) < 4.78 is 43.4. The molecule has 1 heterocycles. The normalized spacial score (nSPS) is 19.1. The maximum absolute atomic E-state index is 12.7. The first-order valence-electron chi connectivity index (χ1n) is 8.36. The summed E-state index contributed by atoms with van der Waals surface area (Å²) >= 11 is 6.20. The van der Waals surface area contributed by atoms with Crippen molar-refractivity contribution >= 4 is 17.5 Å². The first-order chi connectivity index (χ1) is 12.6. The number of para-hydroxylation sites is 1. The average molecular weight is 402 g/mol. The van der Waals surface area contributed by atoms with Crippen LogP contribution in [0.1, 0.15) is 29.2 Å². The third-order valence-corrected chi connectivity index (χ3v) is 5.17. The van der Waals surface area contributed by atoms with Crippen molar-refractivity contribution in [2.45, 2.75) is 32.2 Å². The van der Waals surface area contributed by atoms with Crippen molar-refractivity contribution in [1.29, 1.82) is 0 Å². The lowest BCUT2D eigenvalue weighted by atomic mass is 10.1. The van der Waals surface area contributed by atoms with Crippen LogP contribution in [0.2, 0.25) is 5.15 Å². The van der Waals surface area contributed by atoms with Crippen molar-refractivity contribution in [3.05, 3.63) is 46.2 Å². The highest BCUT2D eigenvalue weighted by Gasteiger charge is 2.47. The van der Waals surface area contributed by atoms with Gasteiger partial charge in [-0.05, 0) is 30.9 Å². The van der Waals surface area contributed by atoms with Crippen molar-refractivity contribution in [3.8, 4) is 5.75 Å². The first-order valence-corrected chi connectivity index (χ1v) is 8.74. The quantitative estimate of drug-likeness (QED) is 0.759. The molecule has 0 spiro atoms. The number of rotatable bonds is 5. The fourth-order valence-corrected chi connectivity index (χ4v) is 3.50. The van der Waals surface area contributed by atoms with Crippen LogP contribution in [0.4, 0.5) is 13.2 Å². The van der Waals surface area contributed by atoms with E-state index in [1.165, 1.54) is 21.7 Å². The second-order valence-corrected chi connectivity index (χ2v) is 7.07. The molecule has 1 aromatic heterocycles. The number of ether oxygens (including phenoxy) is 1. The lowest BCUT2D eigenvalue weighted by Crippen LogP contribution is -2.28. The number of benzene rings is 1. The molecular weight excluding hydrogens is 383 g/mol. The first kappa shape index (κ1) is 19.5. The number of carbonyl (C=O) groups excluding carboxylic acids is 1. The molecule has 0 N–H and O–H groups in total. The second-order valence-electron chi connectivity index (χ2n) is 6.71. The Bertz CT molecular complexity index is 866. The highest BCUT2D eigenvalue weighted by molar-refractivity contribution is 6.30. The monoisotopic (exact) mass is 401 g/mol. The molecule has 0 aliphatic heterocycles. The number of hydrogen-bond acceptors (Lipinski definition) is 3. The molecule has 1 aliphatic carbocycles. The number of aromatic nitrogens is 2. The zero-order valence-corrected chi connectivity index (χ0v) is 15.8. The van der Waals surface area contributed by atoms with E-state index in [1.54, 1.807) is 26.2 Å². The van der Waals surface area contributed by atoms with Crippen molar-refractivity contribution in [1.82, 2.24) is 14.7 Å². The minimum atomic E-state index is -4.77. The standard InChI is InChI=1S/C18H19ClF3N3O2/c1-10-14(16(19)25(3)23-10)9-24(2)17(26)13-8-12(13)11-6-4-5-7-15(11)27-18(20,21)22/h4-7,12-13H,8-9H2,1-3H3/t12-,13+/m1/s1. The van der Waals surface area contributed by atoms with Crippen LogP contribution in [-0.2, 0) is 18.4 Å². The van der Waals surface area contributed by atoms with Crippen LogP contribution in [0.25, 0.3) is 0 Å². The van der Waals surface area contributed by atoms with Crippen LogP contribution in [0, 0.1) is 12.8 Å². The van der Waals surface area contributed by atoms with E-state index in [0.29, 0.717) is 23.7 Å². The third kappa shape index (κ3) is 4.21. The average Bonchev–Trinajstić information content (AvgIpc) is 3.33. The van der Waals surface area contributed by atoms with Crippen LogP contribution >= 0.6 is 11.6 Å². The van der Waals surface area contributed by atoms with Gasteiger partial charge in [0, 0.05) is 25.6 Å². The Morgan fingerprint density at radius 2 is 2.07 bits per heavy atom. The summed E-state index contributed by atoms with van der Waals surface area (Å²) in [7, 11) is 3.37. The predicted molar refractivity (Wildman–Crippen MR) is 93.4 cm³/mol. The van der Waals surface area contributed by atoms with E-state index in [1.807, 2.05) is 6.92 Å². The smallest absolute Gasteiger partial charge is 0.405 e. The van der Waals surface area contributed by atoms with Gasteiger partial charge in [-0.25, -0.2) is 0 Å². The topological polar surface area (TPSA) is 47.4 Å². The van der Waals surface area contributed by atoms with Gasteiger partial charge in [0.25, 0.3) is 0 Å². The predicted octanol–water partition coefficient (Wildman–Crippen LogP) is 4.04. The zero-order valence-electron chi connectivity index (χ0n) is 15.0. The summed E-state index contributed by atoms with van der Waals surface area (Å²) in [5.74, 6) is -1.05. The van der Waals surface area contributed by atoms with Crippen molar-refractivity contribution in [2.75, 3.05) is 7.05 Å². The molecule has 1 amide bonds. The molecule has 5 nitrogen and oxygen atoms in total. The summed E-state index contributed by atoms with van der Waals surface area (Å²) in [6.45, 7) is 2.10. The van der Waals surface area contributed by atoms with Gasteiger partial charge in [-0.2, -0.15) is 5.10 Å². The molecule has 1 aromatic carbocycles. The molecule has 0 radical (unpaired) electrons. The zero-order chi connectivity index (χ0) is 19.9. The third-order valence-electron chi connectivity index (χ3n) is 4.69. The van der Waals surface area contributed by atoms with E-state index in [4.69, 9.17) is 11.6 Å². The molecule has 2 atom stereocenters. The number of nitrogens with zero attached hydrogens (tertiary/aromatic N) is 3. The van der Waals surface area contributed by atoms with Crippen LogP contribution < -0.4 is 4.74 Å². The van der Waals surface area contributed by atoms with E-state index in [9.17, 15) is 18.0 Å². The molecule has 27 heavy (non-hydrogen) atoms.